The molecule has 0 radical (unpaired) electrons. The molecule has 8 aliphatic carbocycles. The van der Waals surface area contributed by atoms with E-state index in [9.17, 15) is 14.7 Å². The van der Waals surface area contributed by atoms with E-state index < -0.39 is 0 Å². The summed E-state index contributed by atoms with van der Waals surface area (Å²) in [7, 11) is 2.69. The molecule has 0 unspecified atom stereocenters. The Labute approximate surface area is 815 Å². The number of carbonyl (C=O) groups is 2. The second-order valence-electron chi connectivity index (χ2n) is 37.8. The maximum atomic E-state index is 13.6. The molecule has 0 saturated heterocycles. The van der Waals surface area contributed by atoms with Gasteiger partial charge in [-0.05, 0) is 363 Å². The van der Waals surface area contributed by atoms with E-state index in [1.807, 2.05) is 38.1 Å². The summed E-state index contributed by atoms with van der Waals surface area (Å²) in [4.78, 5) is 46.3. The van der Waals surface area contributed by atoms with Gasteiger partial charge in [-0.1, -0.05) is 182 Å². The molecule has 23 rings (SSSR count). The minimum atomic E-state index is -0.231. The zero-order valence-corrected chi connectivity index (χ0v) is 83.5. The standard InChI is InChI=1S/C32H35O2S.C31H33O2S.C21H21OS.C20H18OS.C19H17OS/c1-22-13-29(35(27-9-5-3-6-10-27)28-11-7-4-8-12-28)14-23(2)31(22)34-30(33)21-32-18-24-15-25(19-32)17-26(16-24)20-32;1-21-13-28(34(26-9-5-3-6-10-26)27-11-7-4-8-12-27)14-22(2)29(21)33-30(32)31-18-23-15-24(19-31)17-25(16-23)20-31;1-16-14-20(15-17(2)21(16)22-3)23(18-10-6-4-7-11-18)19-12-8-5-9-13-19;1-15-13-19(14-16(2)20(15)21)22(17-9-5-3-6-10-17)18-11-7-4-8-12-18;1-20-16-12-14-19(15-13-16)21(17-8-4-2-5-9-17)18-10-6-3-7-11-18/h3-14,24-26H,15-21H2,1-2H3;3-14,23-25H,15-20H2,1-2H3;4-15H,1-3H3;3-14H,1-2H3;2-15H,1H3/q3*+1;;+1/p+1. The number of carbonyl (C=O) groups excluding carboxylic acids is 2. The van der Waals surface area contributed by atoms with E-state index in [4.69, 9.17) is 18.9 Å². The number of aryl methyl sites for hydroxylation is 8. The van der Waals surface area contributed by atoms with Crippen molar-refractivity contribution in [3.8, 4) is 28.7 Å². The molecular formula is C123H125O7S5+5. The molecule has 0 amide bonds. The number of ether oxygens (including phenoxy) is 4. The van der Waals surface area contributed by atoms with Gasteiger partial charge >= 0.3 is 11.9 Å². The highest BCUT2D eigenvalue weighted by molar-refractivity contribution is 7.98. The summed E-state index contributed by atoms with van der Waals surface area (Å²) in [5.41, 5.74) is 8.41. The summed E-state index contributed by atoms with van der Waals surface area (Å²) in [6, 6.07) is 133. The van der Waals surface area contributed by atoms with E-state index in [2.05, 4.69) is 393 Å². The smallest absolute Gasteiger partial charge is 0.317 e. The molecule has 8 bridgehead atoms. The molecule has 0 atom stereocenters. The Balaban J connectivity index is 0.000000119. The van der Waals surface area contributed by atoms with Crippen LogP contribution in [0.3, 0.4) is 0 Å². The third kappa shape index (κ3) is 22.7. The molecule has 12 heteroatoms. The lowest BCUT2D eigenvalue weighted by atomic mass is 9.49. The van der Waals surface area contributed by atoms with Crippen molar-refractivity contribution < 1.29 is 33.6 Å². The number of hydrogen-bond donors (Lipinski definition) is 1. The van der Waals surface area contributed by atoms with Crippen molar-refractivity contribution in [3.05, 3.63) is 421 Å². The average Bonchev–Trinajstić information content (AvgIpc) is 0.738. The number of hydrogen-bond acceptors (Lipinski definition) is 7. The van der Waals surface area contributed by atoms with Gasteiger partial charge in [-0.2, -0.15) is 0 Å². The van der Waals surface area contributed by atoms with Crippen LogP contribution in [0.1, 0.15) is 128 Å². The van der Waals surface area contributed by atoms with Crippen LogP contribution < -0.4 is 18.9 Å². The van der Waals surface area contributed by atoms with Crippen molar-refractivity contribution in [3.63, 3.8) is 0 Å². The molecule has 0 aliphatic heterocycles. The molecule has 684 valence electrons. The molecule has 8 fully saturated rings. The van der Waals surface area contributed by atoms with Crippen LogP contribution in [-0.2, 0) is 64.1 Å². The van der Waals surface area contributed by atoms with Crippen LogP contribution in [-0.4, -0.2) is 31.3 Å². The molecule has 0 aromatic heterocycles. The first-order valence-electron chi connectivity index (χ1n) is 47.7. The number of phenols is 1. The fraction of sp³-hybridized carbons (Fsp3) is 0.252. The monoisotopic (exact) mass is 1870 g/mol. The van der Waals surface area contributed by atoms with Crippen LogP contribution >= 0.6 is 0 Å². The first-order chi connectivity index (χ1) is 65.7. The van der Waals surface area contributed by atoms with Gasteiger partial charge in [0.05, 0.1) is 80.5 Å². The van der Waals surface area contributed by atoms with Gasteiger partial charge in [0, 0.05) is 48.5 Å². The van der Waals surface area contributed by atoms with Gasteiger partial charge in [0.2, 0.25) is 0 Å². The maximum Gasteiger partial charge on any atom is 0.317 e. The van der Waals surface area contributed by atoms with E-state index in [1.54, 1.807) is 14.2 Å². The molecule has 7 nitrogen and oxygen atoms in total. The van der Waals surface area contributed by atoms with E-state index in [1.165, 1.54) is 142 Å². The lowest BCUT2D eigenvalue weighted by Crippen LogP contribution is -2.51. The molecule has 8 aliphatic rings. The van der Waals surface area contributed by atoms with Gasteiger partial charge in [0.25, 0.3) is 0 Å². The van der Waals surface area contributed by atoms with Crippen molar-refractivity contribution in [2.24, 2.45) is 46.3 Å². The predicted molar refractivity (Wildman–Crippen MR) is 557 cm³/mol. The van der Waals surface area contributed by atoms with Crippen molar-refractivity contribution >= 4 is 66.4 Å². The van der Waals surface area contributed by atoms with Gasteiger partial charge in [-0.3, -0.25) is 9.59 Å². The highest BCUT2D eigenvalue weighted by Crippen LogP contribution is 2.63. The van der Waals surface area contributed by atoms with Crippen molar-refractivity contribution in [2.45, 2.75) is 212 Å². The topological polar surface area (TPSA) is 91.3 Å². The first kappa shape index (κ1) is 95.1. The third-order valence-electron chi connectivity index (χ3n) is 27.6. The Bertz CT molecular complexity index is 6090. The van der Waals surface area contributed by atoms with E-state index in [0.29, 0.717) is 12.2 Å². The van der Waals surface area contributed by atoms with Crippen molar-refractivity contribution in [2.75, 3.05) is 14.2 Å². The van der Waals surface area contributed by atoms with Crippen LogP contribution in [0, 0.1) is 102 Å². The Morgan fingerprint density at radius 1 is 0.259 bits per heavy atom. The minimum Gasteiger partial charge on any atom is -0.507 e. The lowest BCUT2D eigenvalue weighted by molar-refractivity contribution is -0.161. The summed E-state index contributed by atoms with van der Waals surface area (Å²) < 4.78 is 23.2. The number of phenolic OH excluding ortho intramolecular Hbond substituents is 1. The molecule has 15 aromatic rings. The van der Waals surface area contributed by atoms with Crippen LogP contribution in [0.15, 0.2) is 450 Å². The Hall–Kier alpha value is -11.6. The van der Waals surface area contributed by atoms with E-state index in [0.717, 1.165) is 111 Å². The molecule has 1 N–H and O–H groups in total. The van der Waals surface area contributed by atoms with Crippen LogP contribution in [0.5, 0.6) is 28.7 Å². The highest BCUT2D eigenvalue weighted by atomic mass is 32.2. The SMILES string of the molecule is COc1c(C)cc([S+](c2ccccc2)c2ccccc2)cc1C.COc1ccc([S+](c2ccccc2)c2ccccc2)cc1.Cc1cc([S+](c2ccccc2)c2ccccc2)cc(C)c1O.Cc1cc([S+](c2ccccc2)c2ccccc2)cc(C)c1OC(=O)C12CC3CC(CC(C3)C1)C2.Cc1cc([S+](c2ccccc2)c2ccccc2)cc(C)c1OC(=O)CC12CC3CC(CC(C3)C1)C2. The van der Waals surface area contributed by atoms with E-state index in [-0.39, 0.29) is 77.2 Å². The first-order valence-corrected chi connectivity index (χ1v) is 53.8. The predicted octanol–water partition coefficient (Wildman–Crippen LogP) is 30.7. The summed E-state index contributed by atoms with van der Waals surface area (Å²) in [6.07, 6.45) is 15.6. The molecular weight excluding hydrogens is 1750 g/mol. The highest BCUT2D eigenvalue weighted by Gasteiger charge is 2.56. The molecule has 135 heavy (non-hydrogen) atoms. The Morgan fingerprint density at radius 2 is 0.467 bits per heavy atom. The average molecular weight is 1880 g/mol. The zero-order chi connectivity index (χ0) is 93.5. The molecule has 8 saturated carbocycles. The Kier molecular flexibility index (Phi) is 31.0. The van der Waals surface area contributed by atoms with Gasteiger partial charge in [-0.15, -0.1) is 0 Å². The third-order valence-corrected chi connectivity index (χ3v) is 38.6. The second-order valence-corrected chi connectivity index (χ2v) is 47.9. The number of benzene rings is 15. The van der Waals surface area contributed by atoms with Gasteiger partial charge in [0.15, 0.2) is 73.4 Å². The molecule has 15 aromatic carbocycles. The normalized spacial score (nSPS) is 19.0. The molecule has 0 heterocycles. The lowest BCUT2D eigenvalue weighted by Gasteiger charge is -2.56. The van der Waals surface area contributed by atoms with Crippen LogP contribution in [0.2, 0.25) is 0 Å². The van der Waals surface area contributed by atoms with Crippen LogP contribution in [0.25, 0.3) is 0 Å². The second kappa shape index (κ2) is 44.0. The van der Waals surface area contributed by atoms with E-state index >= 15 is 0 Å². The fourth-order valence-corrected chi connectivity index (χ4v) is 33.7. The number of methoxy groups -OCH3 is 2. The number of aromatic hydroxyl groups is 1. The summed E-state index contributed by atoms with van der Waals surface area (Å²) in [6.45, 7) is 16.5. The largest absolute Gasteiger partial charge is 0.507 e. The van der Waals surface area contributed by atoms with Crippen LogP contribution in [0.4, 0.5) is 0 Å². The Morgan fingerprint density at radius 3 is 0.704 bits per heavy atom. The van der Waals surface area contributed by atoms with Gasteiger partial charge in [-0.25, -0.2) is 0 Å². The van der Waals surface area contributed by atoms with Gasteiger partial charge in [0.1, 0.15) is 28.7 Å². The summed E-state index contributed by atoms with van der Waals surface area (Å²) in [5, 5.41) is 10.1. The summed E-state index contributed by atoms with van der Waals surface area (Å²) in [5.74, 6) is 8.58. The van der Waals surface area contributed by atoms with Gasteiger partial charge < -0.3 is 24.1 Å². The quantitative estimate of drug-likeness (QED) is 0.0411. The zero-order valence-electron chi connectivity index (χ0n) is 79.4. The number of esters is 2. The maximum absolute atomic E-state index is 13.6. The minimum absolute atomic E-state index is 0.0315. The summed E-state index contributed by atoms with van der Waals surface area (Å²) >= 11 is 0. The number of rotatable bonds is 22. The molecule has 0 spiro atoms. The van der Waals surface area contributed by atoms with Crippen molar-refractivity contribution in [1.82, 2.24) is 0 Å². The fourth-order valence-electron chi connectivity index (χ4n) is 22.6. The van der Waals surface area contributed by atoms with Crippen molar-refractivity contribution in [1.29, 1.82) is 0 Å².